The lowest BCUT2D eigenvalue weighted by atomic mass is 9.89. The predicted octanol–water partition coefficient (Wildman–Crippen LogP) is 3.92. The first kappa shape index (κ1) is 18.6. The van der Waals surface area contributed by atoms with Crippen LogP contribution in [0.2, 0.25) is 0 Å². The summed E-state index contributed by atoms with van der Waals surface area (Å²) < 4.78 is 0. The van der Waals surface area contributed by atoms with E-state index < -0.39 is 5.92 Å². The molecule has 0 bridgehead atoms. The number of anilines is 3. The third-order valence-corrected chi connectivity index (χ3v) is 6.20. The van der Waals surface area contributed by atoms with E-state index in [0.29, 0.717) is 0 Å². The van der Waals surface area contributed by atoms with Gasteiger partial charge in [-0.05, 0) is 48.7 Å². The van der Waals surface area contributed by atoms with Crippen molar-refractivity contribution in [3.05, 3.63) is 60.3 Å². The van der Waals surface area contributed by atoms with Crippen molar-refractivity contribution in [2.45, 2.75) is 25.2 Å². The van der Waals surface area contributed by atoms with Crippen molar-refractivity contribution >= 4 is 39.8 Å². The lowest BCUT2D eigenvalue weighted by Gasteiger charge is -2.31. The summed E-state index contributed by atoms with van der Waals surface area (Å²) in [6, 6.07) is 15.5. The summed E-state index contributed by atoms with van der Waals surface area (Å²) in [4.78, 5) is 34.3. The molecule has 0 saturated carbocycles. The summed E-state index contributed by atoms with van der Waals surface area (Å²) in [5, 5.41) is 4.00. The highest BCUT2D eigenvalue weighted by Gasteiger charge is 2.33. The molecule has 2 aromatic carbocycles. The number of nitrogens with zero attached hydrogens (tertiary/aromatic N) is 3. The van der Waals surface area contributed by atoms with E-state index in [4.69, 9.17) is 0 Å². The van der Waals surface area contributed by atoms with Crippen LogP contribution in [0.25, 0.3) is 10.9 Å². The van der Waals surface area contributed by atoms with Gasteiger partial charge in [0.1, 0.15) is 0 Å². The Morgan fingerprint density at radius 3 is 2.67 bits per heavy atom. The molecule has 1 atom stereocenters. The Balaban J connectivity index is 1.49. The summed E-state index contributed by atoms with van der Waals surface area (Å²) >= 11 is 0. The molecule has 1 N–H and O–H groups in total. The fourth-order valence-electron chi connectivity index (χ4n) is 4.58. The Bertz CT molecular complexity index is 1140. The second-order valence-corrected chi connectivity index (χ2v) is 7.98. The van der Waals surface area contributed by atoms with Gasteiger partial charge in [-0.15, -0.1) is 0 Å². The third-order valence-electron chi connectivity index (χ3n) is 6.20. The zero-order chi connectivity index (χ0) is 20.7. The van der Waals surface area contributed by atoms with Gasteiger partial charge in [0, 0.05) is 43.8 Å². The normalized spacial score (nSPS) is 18.6. The van der Waals surface area contributed by atoms with E-state index in [2.05, 4.69) is 15.2 Å². The van der Waals surface area contributed by atoms with Crippen LogP contribution in [-0.4, -0.2) is 36.9 Å². The summed E-state index contributed by atoms with van der Waals surface area (Å²) in [5.41, 5.74) is 4.42. The van der Waals surface area contributed by atoms with Crippen molar-refractivity contribution in [1.82, 2.24) is 4.98 Å². The lowest BCUT2D eigenvalue weighted by Crippen LogP contribution is -2.37. The number of hydrogen-bond acceptors (Lipinski definition) is 4. The molecule has 3 heterocycles. The van der Waals surface area contributed by atoms with Crippen LogP contribution in [0.5, 0.6) is 0 Å². The number of aromatic nitrogens is 1. The molecule has 152 valence electrons. The van der Waals surface area contributed by atoms with Crippen LogP contribution in [-0.2, 0) is 9.59 Å². The number of amides is 2. The van der Waals surface area contributed by atoms with Gasteiger partial charge in [0.25, 0.3) is 0 Å². The van der Waals surface area contributed by atoms with Gasteiger partial charge in [0.2, 0.25) is 11.8 Å². The maximum atomic E-state index is 13.3. The topological polar surface area (TPSA) is 65.5 Å². The maximum absolute atomic E-state index is 13.3. The summed E-state index contributed by atoms with van der Waals surface area (Å²) in [5.74, 6) is -0.720. The molecule has 1 unspecified atom stereocenters. The van der Waals surface area contributed by atoms with Crippen molar-refractivity contribution < 1.29 is 9.59 Å². The van der Waals surface area contributed by atoms with Crippen LogP contribution in [0.15, 0.2) is 54.7 Å². The van der Waals surface area contributed by atoms with Gasteiger partial charge in [-0.1, -0.05) is 18.2 Å². The van der Waals surface area contributed by atoms with Gasteiger partial charge >= 0.3 is 0 Å². The highest BCUT2D eigenvalue weighted by atomic mass is 16.2. The highest BCUT2D eigenvalue weighted by Crippen LogP contribution is 2.37. The number of rotatable bonds is 3. The molecule has 0 spiro atoms. The van der Waals surface area contributed by atoms with Crippen LogP contribution in [0.3, 0.4) is 0 Å². The lowest BCUT2D eigenvalue weighted by molar-refractivity contribution is -0.124. The molecule has 6 nitrogen and oxygen atoms in total. The first-order valence-corrected chi connectivity index (χ1v) is 10.4. The van der Waals surface area contributed by atoms with E-state index in [1.807, 2.05) is 48.5 Å². The molecule has 1 fully saturated rings. The number of nitrogens with one attached hydrogen (secondary N) is 1. The molecular formula is C24H24N4O2. The number of para-hydroxylation sites is 1. The van der Waals surface area contributed by atoms with Crippen LogP contribution in [0.1, 0.15) is 30.7 Å². The molecule has 3 aromatic rings. The Labute approximate surface area is 175 Å². The first-order valence-electron chi connectivity index (χ1n) is 10.4. The van der Waals surface area contributed by atoms with Crippen molar-refractivity contribution in [2.75, 3.05) is 35.3 Å². The van der Waals surface area contributed by atoms with Crippen molar-refractivity contribution in [3.8, 4) is 0 Å². The third kappa shape index (κ3) is 3.09. The minimum Gasteiger partial charge on any atom is -0.370 e. The fraction of sp³-hybridized carbons (Fsp3) is 0.292. The molecule has 0 aliphatic carbocycles. The monoisotopic (exact) mass is 400 g/mol. The van der Waals surface area contributed by atoms with Gasteiger partial charge in [-0.25, -0.2) is 0 Å². The molecule has 2 aliphatic rings. The largest absolute Gasteiger partial charge is 0.370 e. The van der Waals surface area contributed by atoms with Crippen LogP contribution in [0, 0.1) is 0 Å². The molecule has 1 saturated heterocycles. The van der Waals surface area contributed by atoms with Gasteiger partial charge < -0.3 is 15.1 Å². The number of carbonyl (C=O) groups is 2. The highest BCUT2D eigenvalue weighted by molar-refractivity contribution is 6.10. The average molecular weight is 400 g/mol. The van der Waals surface area contributed by atoms with Gasteiger partial charge in [-0.2, -0.15) is 0 Å². The Morgan fingerprint density at radius 1 is 1.03 bits per heavy atom. The van der Waals surface area contributed by atoms with Crippen molar-refractivity contribution in [2.24, 2.45) is 0 Å². The minimum absolute atomic E-state index is 0.0512. The first-order chi connectivity index (χ1) is 14.6. The van der Waals surface area contributed by atoms with Crippen LogP contribution < -0.4 is 15.1 Å². The van der Waals surface area contributed by atoms with E-state index in [9.17, 15) is 9.59 Å². The molecule has 6 heteroatoms. The van der Waals surface area contributed by atoms with E-state index >= 15 is 0 Å². The number of hydrogen-bond donors (Lipinski definition) is 1. The zero-order valence-electron chi connectivity index (χ0n) is 17.0. The summed E-state index contributed by atoms with van der Waals surface area (Å²) in [7, 11) is 1.76. The van der Waals surface area contributed by atoms with E-state index in [0.717, 1.165) is 46.6 Å². The molecule has 2 amide bonds. The summed E-state index contributed by atoms with van der Waals surface area (Å²) in [6.45, 7) is 2.07. The minimum atomic E-state index is -0.505. The van der Waals surface area contributed by atoms with E-state index in [1.165, 1.54) is 12.8 Å². The van der Waals surface area contributed by atoms with Crippen LogP contribution >= 0.6 is 0 Å². The molecule has 30 heavy (non-hydrogen) atoms. The SMILES string of the molecule is CN1C(=O)CC(C(=O)Nc2ccc(N3CCCC3)c3ncccc23)c2ccccc21. The van der Waals surface area contributed by atoms with Gasteiger partial charge in [0.05, 0.1) is 22.8 Å². The standard InChI is InChI=1S/C24H24N4O2/c1-27-20-9-3-2-7-16(20)18(15-22(27)29)24(30)26-19-10-11-21(28-13-4-5-14-28)23-17(19)8-6-12-25-23/h2-3,6-12,18H,4-5,13-15H2,1H3,(H,26,30). The fourth-order valence-corrected chi connectivity index (χ4v) is 4.58. The zero-order valence-corrected chi connectivity index (χ0v) is 17.0. The number of fused-ring (bicyclic) bond motifs is 2. The number of pyridine rings is 1. The molecular weight excluding hydrogens is 376 g/mol. The summed E-state index contributed by atoms with van der Waals surface area (Å²) in [6.07, 6.45) is 4.34. The molecule has 5 rings (SSSR count). The second kappa shape index (κ2) is 7.44. The molecule has 1 aromatic heterocycles. The van der Waals surface area contributed by atoms with Crippen molar-refractivity contribution in [1.29, 1.82) is 0 Å². The Kier molecular flexibility index (Phi) is 4.62. The quantitative estimate of drug-likeness (QED) is 0.724. The Morgan fingerprint density at radius 2 is 1.83 bits per heavy atom. The Hall–Kier alpha value is -3.41. The van der Waals surface area contributed by atoms with Gasteiger partial charge in [0.15, 0.2) is 0 Å². The van der Waals surface area contributed by atoms with Gasteiger partial charge in [-0.3, -0.25) is 14.6 Å². The van der Waals surface area contributed by atoms with Crippen LogP contribution in [0.4, 0.5) is 17.1 Å². The van der Waals surface area contributed by atoms with E-state index in [1.54, 1.807) is 18.1 Å². The molecule has 0 radical (unpaired) electrons. The maximum Gasteiger partial charge on any atom is 0.232 e. The molecule has 2 aliphatic heterocycles. The number of benzene rings is 2. The second-order valence-electron chi connectivity index (χ2n) is 7.98. The number of carbonyl (C=O) groups excluding carboxylic acids is 2. The van der Waals surface area contributed by atoms with E-state index in [-0.39, 0.29) is 18.2 Å². The smallest absolute Gasteiger partial charge is 0.232 e. The average Bonchev–Trinajstić information content (AvgIpc) is 3.31. The van der Waals surface area contributed by atoms with Crippen molar-refractivity contribution in [3.63, 3.8) is 0 Å². The predicted molar refractivity (Wildman–Crippen MR) is 119 cm³/mol.